The van der Waals surface area contributed by atoms with Gasteiger partial charge >= 0.3 is 0 Å². The van der Waals surface area contributed by atoms with Crippen LogP contribution in [0.25, 0.3) is 0 Å². The lowest BCUT2D eigenvalue weighted by atomic mass is 10.1. The first kappa shape index (κ1) is 14.9. The fraction of sp³-hybridized carbons (Fsp3) is 0.562. The Kier molecular flexibility index (Phi) is 4.65. The van der Waals surface area contributed by atoms with Crippen molar-refractivity contribution in [1.82, 2.24) is 14.9 Å². The second kappa shape index (κ2) is 6.27. The molecule has 0 aromatic carbocycles. The van der Waals surface area contributed by atoms with Crippen molar-refractivity contribution in [3.05, 3.63) is 41.9 Å². The second-order valence-electron chi connectivity index (χ2n) is 6.19. The number of aromatic nitrogens is 2. The van der Waals surface area contributed by atoms with Crippen LogP contribution in [0.15, 0.2) is 29.1 Å². The Morgan fingerprint density at radius 3 is 2.85 bits per heavy atom. The van der Waals surface area contributed by atoms with Gasteiger partial charge in [-0.25, -0.2) is 4.98 Å². The van der Waals surface area contributed by atoms with E-state index in [9.17, 15) is 0 Å². The standard InChI is InChI=1S/C16H25N3O/c1-5-6-15-17-8-9-19(15)12-13-7-10-20-14(13)11-18-16(2,3)4/h7-10,18H,5-6,11-12H2,1-4H3. The van der Waals surface area contributed by atoms with Crippen LogP contribution in [0.3, 0.4) is 0 Å². The van der Waals surface area contributed by atoms with E-state index < -0.39 is 0 Å². The number of nitrogens with zero attached hydrogens (tertiary/aromatic N) is 2. The first-order valence-electron chi connectivity index (χ1n) is 7.30. The molecule has 2 heterocycles. The van der Waals surface area contributed by atoms with Crippen molar-refractivity contribution < 1.29 is 4.42 Å². The molecule has 0 saturated carbocycles. The molecule has 0 aliphatic carbocycles. The van der Waals surface area contributed by atoms with Crippen LogP contribution in [0, 0.1) is 0 Å². The molecule has 0 bridgehead atoms. The normalized spacial score (nSPS) is 12.0. The Labute approximate surface area is 121 Å². The lowest BCUT2D eigenvalue weighted by Gasteiger charge is -2.20. The molecule has 0 fully saturated rings. The Balaban J connectivity index is 2.06. The predicted molar refractivity (Wildman–Crippen MR) is 80.6 cm³/mol. The quantitative estimate of drug-likeness (QED) is 0.879. The molecule has 0 amide bonds. The molecule has 2 aromatic heterocycles. The molecular weight excluding hydrogens is 250 g/mol. The topological polar surface area (TPSA) is 43.0 Å². The van der Waals surface area contributed by atoms with Crippen LogP contribution in [0.2, 0.25) is 0 Å². The molecule has 0 aliphatic heterocycles. The number of hydrogen-bond acceptors (Lipinski definition) is 3. The first-order valence-corrected chi connectivity index (χ1v) is 7.30. The lowest BCUT2D eigenvalue weighted by molar-refractivity contribution is 0.385. The maximum Gasteiger partial charge on any atom is 0.122 e. The van der Waals surface area contributed by atoms with Crippen LogP contribution in [0.4, 0.5) is 0 Å². The van der Waals surface area contributed by atoms with Gasteiger partial charge in [0.05, 0.1) is 19.4 Å². The summed E-state index contributed by atoms with van der Waals surface area (Å²) in [6.45, 7) is 10.2. The van der Waals surface area contributed by atoms with Crippen LogP contribution in [-0.2, 0) is 19.5 Å². The van der Waals surface area contributed by atoms with Crippen molar-refractivity contribution in [2.45, 2.75) is 59.2 Å². The zero-order valence-corrected chi connectivity index (χ0v) is 12.9. The molecule has 0 radical (unpaired) electrons. The highest BCUT2D eigenvalue weighted by atomic mass is 16.3. The van der Waals surface area contributed by atoms with Crippen LogP contribution in [0.1, 0.15) is 51.3 Å². The molecule has 0 aliphatic rings. The predicted octanol–water partition coefficient (Wildman–Crippen LogP) is 3.37. The van der Waals surface area contributed by atoms with E-state index >= 15 is 0 Å². The number of rotatable bonds is 6. The molecule has 0 saturated heterocycles. The van der Waals surface area contributed by atoms with Crippen molar-refractivity contribution >= 4 is 0 Å². The summed E-state index contributed by atoms with van der Waals surface area (Å²) in [7, 11) is 0. The molecule has 0 atom stereocenters. The van der Waals surface area contributed by atoms with Gasteiger partial charge in [-0.05, 0) is 33.3 Å². The fourth-order valence-corrected chi connectivity index (χ4v) is 2.13. The molecule has 4 nitrogen and oxygen atoms in total. The van der Waals surface area contributed by atoms with Crippen molar-refractivity contribution in [2.24, 2.45) is 0 Å². The second-order valence-corrected chi connectivity index (χ2v) is 6.19. The Morgan fingerprint density at radius 1 is 1.35 bits per heavy atom. The number of imidazole rings is 1. The van der Waals surface area contributed by atoms with E-state index in [2.05, 4.69) is 48.6 Å². The van der Waals surface area contributed by atoms with E-state index in [0.29, 0.717) is 0 Å². The molecule has 2 aromatic rings. The molecule has 110 valence electrons. The zero-order valence-electron chi connectivity index (χ0n) is 12.9. The summed E-state index contributed by atoms with van der Waals surface area (Å²) < 4.78 is 7.82. The van der Waals surface area contributed by atoms with Crippen LogP contribution < -0.4 is 5.32 Å². The van der Waals surface area contributed by atoms with E-state index in [1.165, 1.54) is 5.56 Å². The highest BCUT2D eigenvalue weighted by molar-refractivity contribution is 5.18. The molecule has 0 spiro atoms. The number of hydrogen-bond donors (Lipinski definition) is 1. The van der Waals surface area contributed by atoms with Crippen LogP contribution >= 0.6 is 0 Å². The van der Waals surface area contributed by atoms with Gasteiger partial charge in [-0.15, -0.1) is 0 Å². The fourth-order valence-electron chi connectivity index (χ4n) is 2.13. The summed E-state index contributed by atoms with van der Waals surface area (Å²) in [5.74, 6) is 2.15. The van der Waals surface area contributed by atoms with Gasteiger partial charge < -0.3 is 14.3 Å². The number of aryl methyl sites for hydroxylation is 1. The maximum atomic E-state index is 5.61. The number of furan rings is 1. The molecule has 20 heavy (non-hydrogen) atoms. The molecule has 1 N–H and O–H groups in total. The molecule has 0 unspecified atom stereocenters. The first-order chi connectivity index (χ1) is 9.49. The van der Waals surface area contributed by atoms with E-state index in [-0.39, 0.29) is 5.54 Å². The van der Waals surface area contributed by atoms with E-state index in [0.717, 1.165) is 37.5 Å². The maximum absolute atomic E-state index is 5.61. The summed E-state index contributed by atoms with van der Waals surface area (Å²) in [5.41, 5.74) is 1.31. The van der Waals surface area contributed by atoms with Gasteiger partial charge in [0.25, 0.3) is 0 Å². The minimum Gasteiger partial charge on any atom is -0.468 e. The average molecular weight is 275 g/mol. The highest BCUT2D eigenvalue weighted by Crippen LogP contribution is 2.15. The number of nitrogens with one attached hydrogen (secondary N) is 1. The van der Waals surface area contributed by atoms with Crippen LogP contribution in [-0.4, -0.2) is 15.1 Å². The van der Waals surface area contributed by atoms with Crippen LogP contribution in [0.5, 0.6) is 0 Å². The summed E-state index contributed by atoms with van der Waals surface area (Å²) >= 11 is 0. The van der Waals surface area contributed by atoms with Gasteiger partial charge in [0.2, 0.25) is 0 Å². The molecule has 2 rings (SSSR count). The van der Waals surface area contributed by atoms with Gasteiger partial charge in [0, 0.05) is 29.9 Å². The third kappa shape index (κ3) is 3.97. The zero-order chi connectivity index (χ0) is 14.6. The van der Waals surface area contributed by atoms with Crippen molar-refractivity contribution in [1.29, 1.82) is 0 Å². The summed E-state index contributed by atoms with van der Waals surface area (Å²) in [6, 6.07) is 2.05. The smallest absolute Gasteiger partial charge is 0.122 e. The van der Waals surface area contributed by atoms with Gasteiger partial charge in [0.1, 0.15) is 11.6 Å². The Hall–Kier alpha value is -1.55. The van der Waals surface area contributed by atoms with Gasteiger partial charge in [-0.1, -0.05) is 6.92 Å². The Morgan fingerprint density at radius 2 is 2.15 bits per heavy atom. The summed E-state index contributed by atoms with van der Waals surface area (Å²) in [6.07, 6.45) is 7.81. The Bertz CT molecular complexity index is 534. The minimum atomic E-state index is 0.0897. The van der Waals surface area contributed by atoms with E-state index in [1.54, 1.807) is 6.26 Å². The monoisotopic (exact) mass is 275 g/mol. The minimum absolute atomic E-state index is 0.0897. The summed E-state index contributed by atoms with van der Waals surface area (Å²) in [5, 5.41) is 3.47. The molecular formula is C16H25N3O. The third-order valence-electron chi connectivity index (χ3n) is 3.23. The van der Waals surface area contributed by atoms with Crippen molar-refractivity contribution in [3.63, 3.8) is 0 Å². The van der Waals surface area contributed by atoms with Crippen molar-refractivity contribution in [3.8, 4) is 0 Å². The van der Waals surface area contributed by atoms with Gasteiger partial charge in [0.15, 0.2) is 0 Å². The third-order valence-corrected chi connectivity index (χ3v) is 3.23. The molecule has 4 heteroatoms. The van der Waals surface area contributed by atoms with E-state index in [4.69, 9.17) is 4.42 Å². The van der Waals surface area contributed by atoms with Gasteiger partial charge in [-0.3, -0.25) is 0 Å². The lowest BCUT2D eigenvalue weighted by Crippen LogP contribution is -2.35. The average Bonchev–Trinajstić information content (AvgIpc) is 2.97. The van der Waals surface area contributed by atoms with Crippen molar-refractivity contribution in [2.75, 3.05) is 0 Å². The van der Waals surface area contributed by atoms with E-state index in [1.807, 2.05) is 12.4 Å². The largest absolute Gasteiger partial charge is 0.468 e. The SMILES string of the molecule is CCCc1nccn1Cc1ccoc1CNC(C)(C)C. The highest BCUT2D eigenvalue weighted by Gasteiger charge is 2.13. The van der Waals surface area contributed by atoms with Gasteiger partial charge in [-0.2, -0.15) is 0 Å². The summed E-state index contributed by atoms with van der Waals surface area (Å²) in [4.78, 5) is 4.42.